The summed E-state index contributed by atoms with van der Waals surface area (Å²) in [6.07, 6.45) is 2.22. The van der Waals surface area contributed by atoms with Crippen LogP contribution >= 0.6 is 15.9 Å². The molecule has 7 heteroatoms. The van der Waals surface area contributed by atoms with Gasteiger partial charge in [0.25, 0.3) is 0 Å². The van der Waals surface area contributed by atoms with Gasteiger partial charge in [-0.2, -0.15) is 10.4 Å². The van der Waals surface area contributed by atoms with Crippen LogP contribution in [0.25, 0.3) is 10.9 Å². The van der Waals surface area contributed by atoms with Gasteiger partial charge in [-0.15, -0.1) is 0 Å². The van der Waals surface area contributed by atoms with Gasteiger partial charge in [-0.3, -0.25) is 14.4 Å². The molecular formula is C14H15BrN4O2. The normalized spacial score (nSPS) is 10.4. The molecule has 0 radical (unpaired) electrons. The third-order valence-electron chi connectivity index (χ3n) is 3.02. The van der Waals surface area contributed by atoms with Gasteiger partial charge < -0.3 is 4.74 Å². The number of carbonyl (C=O) groups excluding carboxylic acids is 1. The van der Waals surface area contributed by atoms with Gasteiger partial charge in [0.15, 0.2) is 12.0 Å². The van der Waals surface area contributed by atoms with E-state index < -0.39 is 0 Å². The molecule has 110 valence electrons. The first-order chi connectivity index (χ1) is 10.1. The lowest BCUT2D eigenvalue weighted by atomic mass is 10.2. The fourth-order valence-electron chi connectivity index (χ4n) is 2.11. The van der Waals surface area contributed by atoms with Gasteiger partial charge in [-0.1, -0.05) is 6.07 Å². The summed E-state index contributed by atoms with van der Waals surface area (Å²) in [6, 6.07) is 5.71. The quantitative estimate of drug-likeness (QED) is 0.470. The second kappa shape index (κ2) is 6.59. The van der Waals surface area contributed by atoms with Crippen LogP contribution in [-0.4, -0.2) is 28.9 Å². The average Bonchev–Trinajstić information content (AvgIpc) is 2.79. The van der Waals surface area contributed by atoms with Crippen molar-refractivity contribution in [2.24, 2.45) is 7.05 Å². The second-order valence-corrected chi connectivity index (χ2v) is 5.24. The van der Waals surface area contributed by atoms with Crippen molar-refractivity contribution in [3.63, 3.8) is 0 Å². The fourth-order valence-corrected chi connectivity index (χ4v) is 2.73. The minimum atomic E-state index is -0.320. The number of halogens is 1. The Morgan fingerprint density at radius 1 is 1.57 bits per heavy atom. The fraction of sp³-hybridized carbons (Fsp3) is 0.357. The van der Waals surface area contributed by atoms with E-state index in [0.717, 1.165) is 15.4 Å². The summed E-state index contributed by atoms with van der Waals surface area (Å²) >= 11 is 3.48. The number of hydrogen-bond donors (Lipinski definition) is 0. The van der Waals surface area contributed by atoms with Crippen LogP contribution in [0.5, 0.6) is 0 Å². The Balaban J connectivity index is 2.29. The zero-order chi connectivity index (χ0) is 15.4. The summed E-state index contributed by atoms with van der Waals surface area (Å²) in [6.45, 7) is 2.34. The van der Waals surface area contributed by atoms with Gasteiger partial charge in [0, 0.05) is 23.5 Å². The smallest absolute Gasteiger partial charge is 0.307 e. The molecule has 0 fully saturated rings. The van der Waals surface area contributed by atoms with Crippen LogP contribution in [-0.2, 0) is 16.6 Å². The highest BCUT2D eigenvalue weighted by Crippen LogP contribution is 2.30. The molecule has 0 bridgehead atoms. The van der Waals surface area contributed by atoms with E-state index in [1.807, 2.05) is 25.2 Å². The van der Waals surface area contributed by atoms with E-state index in [4.69, 9.17) is 4.74 Å². The molecule has 1 aromatic heterocycles. The number of carbonyl (C=O) groups is 1. The van der Waals surface area contributed by atoms with Crippen molar-refractivity contribution >= 4 is 38.6 Å². The van der Waals surface area contributed by atoms with E-state index in [1.54, 1.807) is 11.6 Å². The maximum absolute atomic E-state index is 11.4. The molecule has 0 aliphatic rings. The number of esters is 1. The third kappa shape index (κ3) is 3.16. The van der Waals surface area contributed by atoms with Crippen molar-refractivity contribution in [1.82, 2.24) is 9.78 Å². The summed E-state index contributed by atoms with van der Waals surface area (Å²) in [7, 11) is 1.82. The SMILES string of the molecule is CCOC(=O)CCN(C#N)c1nn(C)c2c(Br)cccc12. The number of hydrogen-bond acceptors (Lipinski definition) is 5. The highest BCUT2D eigenvalue weighted by molar-refractivity contribution is 9.10. The van der Waals surface area contributed by atoms with Crippen LogP contribution in [0, 0.1) is 11.5 Å². The molecule has 2 rings (SSSR count). The molecule has 21 heavy (non-hydrogen) atoms. The van der Waals surface area contributed by atoms with Gasteiger partial charge in [0.2, 0.25) is 0 Å². The van der Waals surface area contributed by atoms with Crippen LogP contribution in [0.4, 0.5) is 5.82 Å². The third-order valence-corrected chi connectivity index (χ3v) is 3.66. The van der Waals surface area contributed by atoms with Crippen molar-refractivity contribution in [3.05, 3.63) is 22.7 Å². The second-order valence-electron chi connectivity index (χ2n) is 4.39. The standard InChI is InChI=1S/C14H15BrN4O2/c1-3-21-12(20)7-8-19(9-16)14-10-5-4-6-11(15)13(10)18(2)17-14/h4-6H,3,7-8H2,1-2H3. The van der Waals surface area contributed by atoms with Gasteiger partial charge in [-0.25, -0.2) is 0 Å². The molecule has 6 nitrogen and oxygen atoms in total. The Hall–Kier alpha value is -2.07. The van der Waals surface area contributed by atoms with E-state index in [-0.39, 0.29) is 18.9 Å². The molecule has 0 atom stereocenters. The molecule has 1 aromatic carbocycles. The van der Waals surface area contributed by atoms with E-state index in [0.29, 0.717) is 12.4 Å². The largest absolute Gasteiger partial charge is 0.466 e. The maximum Gasteiger partial charge on any atom is 0.307 e. The Morgan fingerprint density at radius 3 is 3.00 bits per heavy atom. The Kier molecular flexibility index (Phi) is 4.81. The Morgan fingerprint density at radius 2 is 2.33 bits per heavy atom. The monoisotopic (exact) mass is 350 g/mol. The van der Waals surface area contributed by atoms with Crippen LogP contribution in [0.15, 0.2) is 22.7 Å². The van der Waals surface area contributed by atoms with Gasteiger partial charge >= 0.3 is 5.97 Å². The summed E-state index contributed by atoms with van der Waals surface area (Å²) in [5, 5.41) is 14.6. The minimum absolute atomic E-state index is 0.146. The molecule has 2 aromatic rings. The zero-order valence-electron chi connectivity index (χ0n) is 11.8. The maximum atomic E-state index is 11.4. The van der Waals surface area contributed by atoms with E-state index in [1.165, 1.54) is 4.90 Å². The van der Waals surface area contributed by atoms with E-state index in [9.17, 15) is 10.1 Å². The predicted molar refractivity (Wildman–Crippen MR) is 82.6 cm³/mol. The van der Waals surface area contributed by atoms with Gasteiger partial charge in [0.05, 0.1) is 18.5 Å². The number of nitriles is 1. The van der Waals surface area contributed by atoms with E-state index in [2.05, 4.69) is 27.2 Å². The number of rotatable bonds is 5. The molecular weight excluding hydrogens is 336 g/mol. The summed E-state index contributed by atoms with van der Waals surface area (Å²) in [5.41, 5.74) is 0.906. The summed E-state index contributed by atoms with van der Waals surface area (Å²) in [4.78, 5) is 12.8. The van der Waals surface area contributed by atoms with Crippen molar-refractivity contribution in [3.8, 4) is 6.19 Å². The lowest BCUT2D eigenvalue weighted by molar-refractivity contribution is -0.142. The number of anilines is 1. The predicted octanol–water partition coefficient (Wildman–Crippen LogP) is 2.58. The van der Waals surface area contributed by atoms with Crippen molar-refractivity contribution < 1.29 is 9.53 Å². The molecule has 0 saturated carbocycles. The summed E-state index contributed by atoms with van der Waals surface area (Å²) in [5.74, 6) is 0.222. The molecule has 0 N–H and O–H groups in total. The number of fused-ring (bicyclic) bond motifs is 1. The highest BCUT2D eigenvalue weighted by atomic mass is 79.9. The number of ether oxygens (including phenoxy) is 1. The van der Waals surface area contributed by atoms with Crippen LogP contribution in [0.2, 0.25) is 0 Å². The first-order valence-corrected chi connectivity index (χ1v) is 7.32. The Labute approximate surface area is 131 Å². The molecule has 0 amide bonds. The first kappa shape index (κ1) is 15.3. The first-order valence-electron chi connectivity index (χ1n) is 6.52. The Bertz CT molecular complexity index is 705. The van der Waals surface area contributed by atoms with Crippen molar-refractivity contribution in [2.45, 2.75) is 13.3 Å². The molecule has 1 heterocycles. The molecule has 0 spiro atoms. The zero-order valence-corrected chi connectivity index (χ0v) is 13.4. The molecule has 0 unspecified atom stereocenters. The number of aromatic nitrogens is 2. The number of nitrogens with zero attached hydrogens (tertiary/aromatic N) is 4. The summed E-state index contributed by atoms with van der Waals surface area (Å²) < 4.78 is 7.50. The van der Waals surface area contributed by atoms with Gasteiger partial charge in [0.1, 0.15) is 0 Å². The molecule has 0 aliphatic heterocycles. The van der Waals surface area contributed by atoms with Crippen LogP contribution in [0.3, 0.4) is 0 Å². The van der Waals surface area contributed by atoms with Crippen molar-refractivity contribution in [1.29, 1.82) is 5.26 Å². The number of para-hydroxylation sites is 1. The van der Waals surface area contributed by atoms with Crippen LogP contribution < -0.4 is 4.90 Å². The van der Waals surface area contributed by atoms with Gasteiger partial charge in [-0.05, 0) is 35.0 Å². The van der Waals surface area contributed by atoms with E-state index >= 15 is 0 Å². The van der Waals surface area contributed by atoms with Crippen molar-refractivity contribution in [2.75, 3.05) is 18.1 Å². The van der Waals surface area contributed by atoms with Crippen LogP contribution in [0.1, 0.15) is 13.3 Å². The minimum Gasteiger partial charge on any atom is -0.466 e. The lowest BCUT2D eigenvalue weighted by Crippen LogP contribution is -2.22. The topological polar surface area (TPSA) is 71.2 Å². The molecule has 0 aliphatic carbocycles. The highest BCUT2D eigenvalue weighted by Gasteiger charge is 2.18. The lowest BCUT2D eigenvalue weighted by Gasteiger charge is -2.12. The molecule has 0 saturated heterocycles. The average molecular weight is 351 g/mol. The number of benzene rings is 1. The number of aryl methyl sites for hydroxylation is 1.